The van der Waals surface area contributed by atoms with Crippen LogP contribution in [0.15, 0.2) is 53.4 Å². The molecule has 0 unspecified atom stereocenters. The molecule has 1 saturated heterocycles. The third-order valence-corrected chi connectivity index (χ3v) is 8.22. The van der Waals surface area contributed by atoms with E-state index >= 15 is 0 Å². The van der Waals surface area contributed by atoms with Gasteiger partial charge in [0.1, 0.15) is 0 Å². The van der Waals surface area contributed by atoms with Crippen LogP contribution in [-0.4, -0.2) is 45.6 Å². The lowest BCUT2D eigenvalue weighted by Crippen LogP contribution is -2.47. The summed E-state index contributed by atoms with van der Waals surface area (Å²) in [5.41, 5.74) is 0.763. The molecule has 0 spiro atoms. The second kappa shape index (κ2) is 6.84. The van der Waals surface area contributed by atoms with E-state index in [4.69, 9.17) is 11.6 Å². The van der Waals surface area contributed by atoms with Crippen molar-refractivity contribution < 1.29 is 21.9 Å². The highest BCUT2D eigenvalue weighted by Crippen LogP contribution is 2.33. The van der Waals surface area contributed by atoms with Gasteiger partial charge in [-0.2, -0.15) is 0 Å². The molecule has 1 aliphatic heterocycles. The van der Waals surface area contributed by atoms with Crippen molar-refractivity contribution in [1.82, 2.24) is 0 Å². The van der Waals surface area contributed by atoms with Gasteiger partial charge in [0, 0.05) is 5.02 Å². The molecule has 1 heterocycles. The van der Waals surface area contributed by atoms with E-state index in [0.717, 1.165) is 4.31 Å². The SMILES string of the molecule is Cc1ccc(Cl)cc1S(=O)(=O)N(c1ccccc1)[C@H]1CS(=O)(=O)C[C@H]1O. The van der Waals surface area contributed by atoms with Crippen LogP contribution in [0, 0.1) is 6.92 Å². The fraction of sp³-hybridized carbons (Fsp3) is 0.294. The number of rotatable bonds is 4. The first-order chi connectivity index (χ1) is 12.1. The Labute approximate surface area is 158 Å². The summed E-state index contributed by atoms with van der Waals surface area (Å²) in [7, 11) is -7.69. The van der Waals surface area contributed by atoms with Crippen LogP contribution in [0.4, 0.5) is 5.69 Å². The molecule has 9 heteroatoms. The third kappa shape index (κ3) is 3.59. The molecule has 0 radical (unpaired) electrons. The van der Waals surface area contributed by atoms with Crippen LogP contribution in [0.1, 0.15) is 5.56 Å². The van der Waals surface area contributed by atoms with Crippen molar-refractivity contribution >= 4 is 37.1 Å². The number of para-hydroxylation sites is 1. The van der Waals surface area contributed by atoms with Gasteiger partial charge >= 0.3 is 0 Å². The van der Waals surface area contributed by atoms with Crippen LogP contribution in [0.2, 0.25) is 5.02 Å². The Hall–Kier alpha value is -1.61. The van der Waals surface area contributed by atoms with E-state index in [9.17, 15) is 21.9 Å². The summed E-state index contributed by atoms with van der Waals surface area (Å²) in [6, 6.07) is 11.5. The smallest absolute Gasteiger partial charge is 0.265 e. The monoisotopic (exact) mass is 415 g/mol. The van der Waals surface area contributed by atoms with Crippen molar-refractivity contribution in [1.29, 1.82) is 0 Å². The number of aliphatic hydroxyl groups is 1. The van der Waals surface area contributed by atoms with E-state index in [1.54, 1.807) is 49.4 Å². The Morgan fingerprint density at radius 3 is 2.35 bits per heavy atom. The average Bonchev–Trinajstić information content (AvgIpc) is 2.83. The van der Waals surface area contributed by atoms with Crippen LogP contribution in [-0.2, 0) is 19.9 Å². The number of hydrogen-bond donors (Lipinski definition) is 1. The lowest BCUT2D eigenvalue weighted by Gasteiger charge is -2.32. The van der Waals surface area contributed by atoms with Crippen LogP contribution in [0.25, 0.3) is 0 Å². The molecule has 2 aromatic carbocycles. The summed E-state index contributed by atoms with van der Waals surface area (Å²) >= 11 is 5.98. The maximum atomic E-state index is 13.4. The van der Waals surface area contributed by atoms with Crippen LogP contribution >= 0.6 is 11.6 Å². The maximum Gasteiger partial charge on any atom is 0.265 e. The second-order valence-corrected chi connectivity index (χ2v) is 10.6. The van der Waals surface area contributed by atoms with E-state index in [0.29, 0.717) is 5.56 Å². The Bertz CT molecular complexity index is 1020. The minimum Gasteiger partial charge on any atom is -0.390 e. The van der Waals surface area contributed by atoms with E-state index in [-0.39, 0.29) is 15.6 Å². The van der Waals surface area contributed by atoms with Gasteiger partial charge in [-0.25, -0.2) is 16.8 Å². The lowest BCUT2D eigenvalue weighted by atomic mass is 10.2. The number of anilines is 1. The minimum atomic E-state index is -4.15. The third-order valence-electron chi connectivity index (χ3n) is 4.29. The Morgan fingerprint density at radius 1 is 1.12 bits per heavy atom. The molecule has 0 aliphatic carbocycles. The molecule has 1 aliphatic rings. The fourth-order valence-electron chi connectivity index (χ4n) is 3.08. The molecule has 0 saturated carbocycles. The molecule has 6 nitrogen and oxygen atoms in total. The predicted molar refractivity (Wildman–Crippen MR) is 101 cm³/mol. The number of benzene rings is 2. The normalized spacial score (nSPS) is 22.3. The lowest BCUT2D eigenvalue weighted by molar-refractivity contribution is 0.184. The zero-order chi connectivity index (χ0) is 19.1. The largest absolute Gasteiger partial charge is 0.390 e. The Kier molecular flexibility index (Phi) is 5.04. The van der Waals surface area contributed by atoms with E-state index in [1.807, 2.05) is 0 Å². The topological polar surface area (TPSA) is 91.8 Å². The number of sulfonamides is 1. The molecule has 0 amide bonds. The number of halogens is 1. The van der Waals surface area contributed by atoms with E-state index in [2.05, 4.69) is 0 Å². The van der Waals surface area contributed by atoms with Gasteiger partial charge < -0.3 is 5.11 Å². The fourth-order valence-corrected chi connectivity index (χ4v) is 7.11. The Balaban J connectivity index is 2.20. The molecule has 1 fully saturated rings. The van der Waals surface area contributed by atoms with Gasteiger partial charge in [0.2, 0.25) is 0 Å². The van der Waals surface area contributed by atoms with Gasteiger partial charge in [-0.15, -0.1) is 0 Å². The molecule has 0 bridgehead atoms. The highest BCUT2D eigenvalue weighted by atomic mass is 35.5. The number of aliphatic hydroxyl groups excluding tert-OH is 1. The second-order valence-electron chi connectivity index (χ2n) is 6.26. The molecular weight excluding hydrogens is 398 g/mol. The summed E-state index contributed by atoms with van der Waals surface area (Å²) in [4.78, 5) is -0.0228. The van der Waals surface area contributed by atoms with Crippen LogP contribution < -0.4 is 4.31 Å². The van der Waals surface area contributed by atoms with Crippen molar-refractivity contribution in [3.8, 4) is 0 Å². The molecule has 3 rings (SSSR count). The summed E-state index contributed by atoms with van der Waals surface area (Å²) in [6.07, 6.45) is -1.31. The van der Waals surface area contributed by atoms with Gasteiger partial charge in [-0.3, -0.25) is 4.31 Å². The first kappa shape index (κ1) is 19.2. The summed E-state index contributed by atoms with van der Waals surface area (Å²) in [5, 5.41) is 10.5. The first-order valence-corrected chi connectivity index (χ1v) is 11.5. The summed E-state index contributed by atoms with van der Waals surface area (Å²) < 4.78 is 51.8. The van der Waals surface area contributed by atoms with Gasteiger partial charge in [-0.05, 0) is 36.8 Å². The number of hydrogen-bond acceptors (Lipinski definition) is 5. The number of sulfone groups is 1. The van der Waals surface area contributed by atoms with Crippen molar-refractivity contribution in [2.24, 2.45) is 0 Å². The Morgan fingerprint density at radius 2 is 1.77 bits per heavy atom. The molecule has 1 N–H and O–H groups in total. The maximum absolute atomic E-state index is 13.4. The van der Waals surface area contributed by atoms with Gasteiger partial charge in [0.25, 0.3) is 10.0 Å². The summed E-state index contributed by atoms with van der Waals surface area (Å²) in [5.74, 6) is -0.910. The zero-order valence-corrected chi connectivity index (χ0v) is 16.3. The quantitative estimate of drug-likeness (QED) is 0.824. The highest BCUT2D eigenvalue weighted by Gasteiger charge is 2.45. The minimum absolute atomic E-state index is 0.0228. The molecule has 2 atom stereocenters. The molecular formula is C17H18ClNO5S2. The van der Waals surface area contributed by atoms with Crippen molar-refractivity contribution in [2.75, 3.05) is 15.8 Å². The van der Waals surface area contributed by atoms with Crippen LogP contribution in [0.5, 0.6) is 0 Å². The van der Waals surface area contributed by atoms with Crippen molar-refractivity contribution in [3.63, 3.8) is 0 Å². The van der Waals surface area contributed by atoms with Gasteiger partial charge in [0.15, 0.2) is 9.84 Å². The molecule has 2 aromatic rings. The van der Waals surface area contributed by atoms with Gasteiger partial charge in [0.05, 0.1) is 34.2 Å². The van der Waals surface area contributed by atoms with E-state index in [1.165, 1.54) is 6.07 Å². The summed E-state index contributed by atoms with van der Waals surface area (Å²) in [6.45, 7) is 1.63. The predicted octanol–water partition coefficient (Wildman–Crippen LogP) is 2.00. The molecule has 26 heavy (non-hydrogen) atoms. The van der Waals surface area contributed by atoms with E-state index < -0.39 is 43.5 Å². The van der Waals surface area contributed by atoms with Gasteiger partial charge in [-0.1, -0.05) is 35.9 Å². The average molecular weight is 416 g/mol. The first-order valence-electron chi connectivity index (χ1n) is 7.86. The molecule has 0 aromatic heterocycles. The van der Waals surface area contributed by atoms with Crippen molar-refractivity contribution in [2.45, 2.75) is 24.0 Å². The highest BCUT2D eigenvalue weighted by molar-refractivity contribution is 7.93. The number of nitrogens with zero attached hydrogens (tertiary/aromatic N) is 1. The standard InChI is InChI=1S/C17H18ClNO5S2/c1-12-7-8-13(18)9-17(12)26(23,24)19(14-5-3-2-4-6-14)15-10-25(21,22)11-16(15)20/h2-9,15-16,20H,10-11H2,1H3/t15-,16+/m0/s1. The zero-order valence-electron chi connectivity index (χ0n) is 13.9. The molecule has 140 valence electrons. The number of aryl methyl sites for hydroxylation is 1. The van der Waals surface area contributed by atoms with Crippen LogP contribution in [0.3, 0.4) is 0 Å². The van der Waals surface area contributed by atoms with Crippen molar-refractivity contribution in [3.05, 3.63) is 59.1 Å².